The van der Waals surface area contributed by atoms with E-state index in [2.05, 4.69) is 167 Å². The molecular formula is C47H39BN2. The second kappa shape index (κ2) is 9.09. The van der Waals surface area contributed by atoms with Gasteiger partial charge in [-0.25, -0.2) is 0 Å². The Hall–Kier alpha value is -5.28. The molecule has 0 amide bonds. The molecule has 0 spiro atoms. The number of benzene rings is 7. The summed E-state index contributed by atoms with van der Waals surface area (Å²) in [4.78, 5) is 0. The van der Waals surface area contributed by atoms with Crippen LogP contribution in [0.5, 0.6) is 0 Å². The Bertz CT molecular complexity index is 3010. The molecule has 4 heterocycles. The fourth-order valence-electron chi connectivity index (χ4n) is 9.65. The third-order valence-electron chi connectivity index (χ3n) is 12.1. The van der Waals surface area contributed by atoms with Gasteiger partial charge in [0.1, 0.15) is 0 Å². The van der Waals surface area contributed by atoms with Crippen molar-refractivity contribution < 1.29 is 0 Å². The molecule has 0 saturated heterocycles. The average Bonchev–Trinajstić information content (AvgIpc) is 3.62. The maximum atomic E-state index is 2.73. The Morgan fingerprint density at radius 3 is 1.98 bits per heavy atom. The van der Waals surface area contributed by atoms with Gasteiger partial charge in [-0.1, -0.05) is 114 Å². The number of hydrogen-bond acceptors (Lipinski definition) is 0. The summed E-state index contributed by atoms with van der Waals surface area (Å²) in [5.74, 6) is 0. The molecule has 2 aliphatic heterocycles. The molecule has 9 aromatic rings. The molecule has 2 aromatic heterocycles. The smallest absolute Gasteiger partial charge is 0.333 e. The van der Waals surface area contributed by atoms with Crippen molar-refractivity contribution in [1.82, 2.24) is 9.05 Å². The van der Waals surface area contributed by atoms with Crippen molar-refractivity contribution in [1.29, 1.82) is 0 Å². The highest BCUT2D eigenvalue weighted by Gasteiger charge is 2.43. The molecule has 0 bridgehead atoms. The molecule has 2 aliphatic rings. The molecule has 11 rings (SSSR count). The van der Waals surface area contributed by atoms with E-state index in [4.69, 9.17) is 0 Å². The molecule has 0 unspecified atom stereocenters. The van der Waals surface area contributed by atoms with Gasteiger partial charge in [0.25, 0.3) is 0 Å². The van der Waals surface area contributed by atoms with Gasteiger partial charge in [-0.05, 0) is 109 Å². The highest BCUT2D eigenvalue weighted by molar-refractivity contribution is 6.90. The summed E-state index contributed by atoms with van der Waals surface area (Å²) in [6.07, 6.45) is 0. The van der Waals surface area contributed by atoms with Crippen LogP contribution in [0.3, 0.4) is 0 Å². The van der Waals surface area contributed by atoms with Gasteiger partial charge in [0.05, 0.1) is 11.0 Å². The number of aryl methyl sites for hydroxylation is 1. The molecule has 0 radical (unpaired) electrons. The highest BCUT2D eigenvalue weighted by Crippen LogP contribution is 2.48. The molecule has 2 nitrogen and oxygen atoms in total. The lowest BCUT2D eigenvalue weighted by Gasteiger charge is -2.35. The Kier molecular flexibility index (Phi) is 5.19. The lowest BCUT2D eigenvalue weighted by Crippen LogP contribution is -2.55. The van der Waals surface area contributed by atoms with Crippen molar-refractivity contribution in [2.45, 2.75) is 59.3 Å². The quantitative estimate of drug-likeness (QED) is 0.146. The molecule has 0 atom stereocenters. The number of fused-ring (bicyclic) bond motifs is 14. The summed E-state index contributed by atoms with van der Waals surface area (Å²) in [6.45, 7) is 16.4. The van der Waals surface area contributed by atoms with Gasteiger partial charge >= 0.3 is 6.85 Å². The molecular weight excluding hydrogens is 603 g/mol. The summed E-state index contributed by atoms with van der Waals surface area (Å²) in [7, 11) is 0. The zero-order chi connectivity index (χ0) is 34.0. The van der Waals surface area contributed by atoms with Crippen molar-refractivity contribution in [3.63, 3.8) is 0 Å². The monoisotopic (exact) mass is 642 g/mol. The van der Waals surface area contributed by atoms with Crippen LogP contribution in [0.25, 0.3) is 82.0 Å². The Morgan fingerprint density at radius 2 is 1.22 bits per heavy atom. The molecule has 0 N–H and O–H groups in total. The van der Waals surface area contributed by atoms with Crippen molar-refractivity contribution in [2.75, 3.05) is 0 Å². The van der Waals surface area contributed by atoms with Gasteiger partial charge < -0.3 is 9.05 Å². The summed E-state index contributed by atoms with van der Waals surface area (Å²) in [5.41, 5.74) is 16.4. The fourth-order valence-corrected chi connectivity index (χ4v) is 9.65. The van der Waals surface area contributed by atoms with E-state index in [9.17, 15) is 0 Å². The molecule has 0 saturated carbocycles. The third-order valence-corrected chi connectivity index (χ3v) is 12.1. The van der Waals surface area contributed by atoms with Crippen LogP contribution in [-0.2, 0) is 10.8 Å². The first kappa shape index (κ1) is 28.6. The van der Waals surface area contributed by atoms with E-state index in [1.54, 1.807) is 0 Å². The Balaban J connectivity index is 1.41. The van der Waals surface area contributed by atoms with Crippen molar-refractivity contribution in [3.8, 4) is 16.8 Å². The fraction of sp³-hybridized carbons (Fsp3) is 0.191. The standard InChI is InChI=1S/C47H39BN2/c1-26-16-19-39-43-40(26)35-25-30(47(5,6)7)24-34-33-23-29(46(2,3)4)18-21-37(33)50(44(34)35)48(43)36-22-28-13-9-11-15-32(28)42-41-31-14-10-8-12-27(31)17-20-38(41)49(39)45(36)42/h8-25H,1-7H3. The average molecular weight is 643 g/mol. The number of nitrogens with zero attached hydrogens (tertiary/aromatic N) is 2. The Labute approximate surface area is 293 Å². The zero-order valence-corrected chi connectivity index (χ0v) is 29.9. The van der Waals surface area contributed by atoms with Crippen molar-refractivity contribution in [2.24, 2.45) is 0 Å². The summed E-state index contributed by atoms with van der Waals surface area (Å²) in [6, 6.07) is 42.3. The minimum absolute atomic E-state index is 0.00963. The molecule has 0 fully saturated rings. The van der Waals surface area contributed by atoms with Crippen LogP contribution in [0.15, 0.2) is 109 Å². The lowest BCUT2D eigenvalue weighted by molar-refractivity contribution is 0.590. The first-order valence-electron chi connectivity index (χ1n) is 18.1. The first-order chi connectivity index (χ1) is 24.0. The second-order valence-corrected chi connectivity index (χ2v) is 17.0. The topological polar surface area (TPSA) is 9.86 Å². The summed E-state index contributed by atoms with van der Waals surface area (Å²) in [5, 5.41) is 10.7. The van der Waals surface area contributed by atoms with E-state index in [-0.39, 0.29) is 17.7 Å². The maximum absolute atomic E-state index is 2.73. The van der Waals surface area contributed by atoms with Gasteiger partial charge in [-0.15, -0.1) is 0 Å². The minimum Gasteiger partial charge on any atom is -0.375 e. The van der Waals surface area contributed by atoms with Gasteiger partial charge in [0.2, 0.25) is 0 Å². The normalized spacial score (nSPS) is 13.9. The van der Waals surface area contributed by atoms with Crippen LogP contribution in [-0.4, -0.2) is 15.9 Å². The third kappa shape index (κ3) is 3.41. The van der Waals surface area contributed by atoms with Crippen LogP contribution in [0.4, 0.5) is 0 Å². The molecule has 7 aromatic carbocycles. The van der Waals surface area contributed by atoms with Crippen LogP contribution < -0.4 is 10.9 Å². The van der Waals surface area contributed by atoms with E-state index in [0.29, 0.717) is 0 Å². The predicted octanol–water partition coefficient (Wildman–Crippen LogP) is 11.0. The number of rotatable bonds is 0. The van der Waals surface area contributed by atoms with Crippen molar-refractivity contribution >= 4 is 82.9 Å². The van der Waals surface area contributed by atoms with Gasteiger partial charge in [-0.3, -0.25) is 0 Å². The first-order valence-corrected chi connectivity index (χ1v) is 18.1. The maximum Gasteiger partial charge on any atom is 0.333 e. The second-order valence-electron chi connectivity index (χ2n) is 17.0. The largest absolute Gasteiger partial charge is 0.375 e. The molecule has 50 heavy (non-hydrogen) atoms. The van der Waals surface area contributed by atoms with E-state index in [0.717, 1.165) is 0 Å². The van der Waals surface area contributed by atoms with Gasteiger partial charge in [0, 0.05) is 43.8 Å². The van der Waals surface area contributed by atoms with Crippen molar-refractivity contribution in [3.05, 3.63) is 126 Å². The molecule has 3 heteroatoms. The SMILES string of the molecule is Cc1ccc2c3c1-c1cc(C(C)(C)C)cc4c5cc(C(C)(C)C)ccc5n(c14)B3c1cc3ccccc3c3c4c5ccccc5ccc4n-2c13. The van der Waals surface area contributed by atoms with E-state index in [1.165, 1.54) is 110 Å². The van der Waals surface area contributed by atoms with Crippen LogP contribution >= 0.6 is 0 Å². The van der Waals surface area contributed by atoms with E-state index >= 15 is 0 Å². The lowest BCUT2D eigenvalue weighted by atomic mass is 9.45. The van der Waals surface area contributed by atoms with Crippen LogP contribution in [0, 0.1) is 6.92 Å². The van der Waals surface area contributed by atoms with E-state index in [1.807, 2.05) is 0 Å². The Morgan fingerprint density at radius 1 is 0.540 bits per heavy atom. The van der Waals surface area contributed by atoms with Gasteiger partial charge in [0.15, 0.2) is 0 Å². The molecule has 240 valence electrons. The molecule has 0 aliphatic carbocycles. The van der Waals surface area contributed by atoms with E-state index < -0.39 is 0 Å². The summed E-state index contributed by atoms with van der Waals surface area (Å²) >= 11 is 0. The number of hydrogen-bond donors (Lipinski definition) is 0. The summed E-state index contributed by atoms with van der Waals surface area (Å²) < 4.78 is 5.35. The highest BCUT2D eigenvalue weighted by atomic mass is 15.0. The predicted molar refractivity (Wildman–Crippen MR) is 217 cm³/mol. The van der Waals surface area contributed by atoms with Crippen LogP contribution in [0.2, 0.25) is 0 Å². The zero-order valence-electron chi connectivity index (χ0n) is 29.9. The minimum atomic E-state index is 0.00963. The van der Waals surface area contributed by atoms with Gasteiger partial charge in [-0.2, -0.15) is 0 Å². The number of aromatic nitrogens is 2. The van der Waals surface area contributed by atoms with Crippen LogP contribution in [0.1, 0.15) is 58.2 Å².